The summed E-state index contributed by atoms with van der Waals surface area (Å²) in [5.74, 6) is 0. The van der Waals surface area contributed by atoms with E-state index in [-0.39, 0.29) is 11.4 Å². The number of thioether (sulfide) groups is 1. The van der Waals surface area contributed by atoms with Crippen LogP contribution in [0.4, 0.5) is 0 Å². The first kappa shape index (κ1) is 25.2. The number of hydrogen-bond donors (Lipinski definition) is 0. The van der Waals surface area contributed by atoms with Crippen molar-refractivity contribution in [1.29, 1.82) is 0 Å². The average Bonchev–Trinajstić information content (AvgIpc) is 3.75. The third-order valence-corrected chi connectivity index (χ3v) is 13.4. The molecular formula is C23H15N5O2S8. The Hall–Kier alpha value is -1.82. The van der Waals surface area contributed by atoms with Gasteiger partial charge in [0.1, 0.15) is 40.1 Å². The molecule has 0 atom stereocenters. The Balaban J connectivity index is 1.35. The van der Waals surface area contributed by atoms with Crippen LogP contribution in [0.5, 0.6) is 0 Å². The van der Waals surface area contributed by atoms with Gasteiger partial charge in [0, 0.05) is 35.8 Å². The Bertz CT molecular complexity index is 1760. The van der Waals surface area contributed by atoms with Gasteiger partial charge in [0.05, 0.1) is 0 Å². The number of aromatic nitrogens is 4. The molecule has 0 amide bonds. The highest BCUT2D eigenvalue weighted by Gasteiger charge is 2.36. The molecule has 6 aromatic heterocycles. The van der Waals surface area contributed by atoms with Gasteiger partial charge in [-0.2, -0.15) is 0 Å². The summed E-state index contributed by atoms with van der Waals surface area (Å²) in [6.07, 6.45) is 2.00. The molecule has 1 aliphatic rings. The first-order valence-electron chi connectivity index (χ1n) is 10.9. The number of nitrogens with zero attached hydrogens (tertiary/aromatic N) is 5. The summed E-state index contributed by atoms with van der Waals surface area (Å²) in [6.45, 7) is 0. The molecule has 0 bridgehead atoms. The Kier molecular flexibility index (Phi) is 6.82. The van der Waals surface area contributed by atoms with Crippen molar-refractivity contribution in [3.63, 3.8) is 0 Å². The van der Waals surface area contributed by atoms with E-state index >= 15 is 0 Å². The van der Waals surface area contributed by atoms with E-state index in [1.807, 2.05) is 76.3 Å². The molecule has 7 heterocycles. The summed E-state index contributed by atoms with van der Waals surface area (Å²) < 4.78 is 9.25. The van der Waals surface area contributed by atoms with Gasteiger partial charge in [-0.05, 0) is 76.3 Å². The minimum atomic E-state index is -0.0907. The molecule has 0 spiro atoms. The van der Waals surface area contributed by atoms with Crippen molar-refractivity contribution in [3.05, 3.63) is 91.0 Å². The molecule has 0 unspecified atom stereocenters. The molecule has 6 aromatic rings. The summed E-state index contributed by atoms with van der Waals surface area (Å²) in [4.78, 5) is 27.4. The lowest BCUT2D eigenvalue weighted by Gasteiger charge is -2.14. The molecule has 0 N–H and O–H groups in total. The number of fused-ring (bicyclic) bond motifs is 1. The summed E-state index contributed by atoms with van der Waals surface area (Å²) in [6, 6.07) is 15.7. The molecule has 0 saturated heterocycles. The molecule has 0 saturated carbocycles. The minimum absolute atomic E-state index is 0.0753. The third kappa shape index (κ3) is 4.07. The quantitative estimate of drug-likeness (QED) is 0.131. The minimum Gasteiger partial charge on any atom is -0.247 e. The van der Waals surface area contributed by atoms with Crippen LogP contribution in [0.1, 0.15) is 0 Å². The molecule has 7 nitrogen and oxygen atoms in total. The number of rotatable bonds is 7. The van der Waals surface area contributed by atoms with E-state index in [0.29, 0.717) is 0 Å². The van der Waals surface area contributed by atoms with Gasteiger partial charge in [-0.1, -0.05) is 0 Å². The van der Waals surface area contributed by atoms with Gasteiger partial charge in [0.25, 0.3) is 0 Å². The van der Waals surface area contributed by atoms with Crippen molar-refractivity contribution in [1.82, 2.24) is 21.4 Å². The maximum absolute atomic E-state index is 13.8. The van der Waals surface area contributed by atoms with Crippen molar-refractivity contribution >= 4 is 93.0 Å². The van der Waals surface area contributed by atoms with E-state index in [4.69, 9.17) is 0 Å². The van der Waals surface area contributed by atoms with E-state index in [2.05, 4.69) is 3.12 Å². The number of imidazole rings is 2. The Labute approximate surface area is 249 Å². The molecular weight excluding hydrogens is 635 g/mol. The Morgan fingerprint density at radius 2 is 0.974 bits per heavy atom. The van der Waals surface area contributed by atoms with E-state index in [9.17, 15) is 9.59 Å². The fraction of sp³-hybridized carbons (Fsp3) is 0.0435. The molecule has 192 valence electrons. The SMILES string of the molecule is CSc1c(SN2Sc3c(n(-c4cccs4)c(=O)n3-c3cccs3)S2)n(-c2cccs2)c(=O)n1-c1cccs1. The number of thiophene rings is 4. The monoisotopic (exact) mass is 649 g/mol. The van der Waals surface area contributed by atoms with Crippen LogP contribution in [0.2, 0.25) is 0 Å². The van der Waals surface area contributed by atoms with E-state index in [1.165, 1.54) is 69.9 Å². The largest absolute Gasteiger partial charge is 0.340 e. The first-order chi connectivity index (χ1) is 18.7. The van der Waals surface area contributed by atoms with Crippen LogP contribution in [-0.2, 0) is 0 Å². The smallest absolute Gasteiger partial charge is 0.247 e. The molecule has 0 radical (unpaired) electrons. The molecule has 15 heteroatoms. The van der Waals surface area contributed by atoms with E-state index in [0.717, 1.165) is 40.1 Å². The van der Waals surface area contributed by atoms with Gasteiger partial charge in [0.2, 0.25) is 0 Å². The zero-order valence-electron chi connectivity index (χ0n) is 19.2. The van der Waals surface area contributed by atoms with E-state index in [1.54, 1.807) is 41.4 Å². The Morgan fingerprint density at radius 3 is 1.37 bits per heavy atom. The Morgan fingerprint density at radius 1 is 0.579 bits per heavy atom. The highest BCUT2D eigenvalue weighted by Crippen LogP contribution is 2.54. The maximum Gasteiger partial charge on any atom is 0.340 e. The predicted octanol–water partition coefficient (Wildman–Crippen LogP) is 7.57. The maximum atomic E-state index is 13.8. The predicted molar refractivity (Wildman–Crippen MR) is 165 cm³/mol. The summed E-state index contributed by atoms with van der Waals surface area (Å²) in [7, 11) is 0. The second-order valence-electron chi connectivity index (χ2n) is 7.63. The molecule has 0 aromatic carbocycles. The van der Waals surface area contributed by atoms with E-state index < -0.39 is 0 Å². The van der Waals surface area contributed by atoms with Crippen molar-refractivity contribution in [3.8, 4) is 20.0 Å². The fourth-order valence-electron chi connectivity index (χ4n) is 3.98. The van der Waals surface area contributed by atoms with Crippen molar-refractivity contribution in [2.75, 3.05) is 6.26 Å². The third-order valence-electron chi connectivity index (χ3n) is 5.53. The lowest BCUT2D eigenvalue weighted by Crippen LogP contribution is -2.22. The molecule has 0 aliphatic carbocycles. The summed E-state index contributed by atoms with van der Waals surface area (Å²) in [5, 5.41) is 14.9. The van der Waals surface area contributed by atoms with Gasteiger partial charge in [-0.15, -0.1) is 60.2 Å². The van der Waals surface area contributed by atoms with Gasteiger partial charge in [-0.25, -0.2) is 27.9 Å². The van der Waals surface area contributed by atoms with Gasteiger partial charge < -0.3 is 0 Å². The van der Waals surface area contributed by atoms with Crippen molar-refractivity contribution in [2.24, 2.45) is 0 Å². The van der Waals surface area contributed by atoms with Gasteiger partial charge in [-0.3, -0.25) is 0 Å². The van der Waals surface area contributed by atoms with Crippen LogP contribution in [0.15, 0.2) is 99.7 Å². The van der Waals surface area contributed by atoms with Crippen LogP contribution in [-0.4, -0.2) is 27.6 Å². The van der Waals surface area contributed by atoms with Gasteiger partial charge in [0.15, 0.2) is 0 Å². The molecule has 0 fully saturated rings. The van der Waals surface area contributed by atoms with Crippen LogP contribution < -0.4 is 11.4 Å². The lowest BCUT2D eigenvalue weighted by atomic mass is 10.6. The topological polar surface area (TPSA) is 57.1 Å². The highest BCUT2D eigenvalue weighted by molar-refractivity contribution is 8.27. The zero-order valence-corrected chi connectivity index (χ0v) is 25.8. The second-order valence-corrected chi connectivity index (χ2v) is 15.6. The van der Waals surface area contributed by atoms with Crippen LogP contribution in [0.25, 0.3) is 20.0 Å². The van der Waals surface area contributed by atoms with Crippen LogP contribution in [0.3, 0.4) is 0 Å². The van der Waals surface area contributed by atoms with Crippen molar-refractivity contribution < 1.29 is 0 Å². The van der Waals surface area contributed by atoms with Crippen molar-refractivity contribution in [2.45, 2.75) is 20.1 Å². The van der Waals surface area contributed by atoms with Crippen LogP contribution in [0, 0.1) is 0 Å². The molecule has 38 heavy (non-hydrogen) atoms. The normalized spacial score (nSPS) is 13.5. The zero-order chi connectivity index (χ0) is 25.8. The van der Waals surface area contributed by atoms with Gasteiger partial charge >= 0.3 is 11.4 Å². The molecule has 1 aliphatic heterocycles. The summed E-state index contributed by atoms with van der Waals surface area (Å²) in [5.41, 5.74) is -0.166. The fourth-order valence-corrected chi connectivity index (χ4v) is 11.8. The summed E-state index contributed by atoms with van der Waals surface area (Å²) >= 11 is 12.2. The highest BCUT2D eigenvalue weighted by atomic mass is 32.3. The number of hydrogen-bond acceptors (Lipinski definition) is 11. The standard InChI is InChI=1S/C23H15N5O2S8/c1-31-18-19(25(15-7-3-11-33-15)22(29)24(18)14-6-2-10-32-14)36-28-37-20-21(38-28)27(17-9-5-13-35-17)23(30)26(20)16-8-4-12-34-16/h2-13H,1H3. The average molecular weight is 650 g/mol. The second kappa shape index (κ2) is 10.3. The lowest BCUT2D eigenvalue weighted by molar-refractivity contribution is 0.879. The first-order valence-corrected chi connectivity index (χ1v) is 18.0. The van der Waals surface area contributed by atoms with Crippen LogP contribution >= 0.6 is 93.0 Å². The molecule has 7 rings (SSSR count).